The van der Waals surface area contributed by atoms with Gasteiger partial charge in [0.05, 0.1) is 19.3 Å². The van der Waals surface area contributed by atoms with Crippen molar-refractivity contribution in [2.45, 2.75) is 13.0 Å². The molecule has 5 heteroatoms. The van der Waals surface area contributed by atoms with Gasteiger partial charge in [-0.15, -0.1) is 0 Å². The summed E-state index contributed by atoms with van der Waals surface area (Å²) in [6.07, 6.45) is -0.329. The van der Waals surface area contributed by atoms with E-state index in [9.17, 15) is 9.18 Å². The second-order valence-electron chi connectivity index (χ2n) is 4.39. The van der Waals surface area contributed by atoms with Gasteiger partial charge in [-0.05, 0) is 30.7 Å². The maximum atomic E-state index is 13.1. The lowest BCUT2D eigenvalue weighted by molar-refractivity contribution is -0.0447. The van der Waals surface area contributed by atoms with E-state index in [4.69, 9.17) is 9.84 Å². The summed E-state index contributed by atoms with van der Waals surface area (Å²) < 4.78 is 18.4. The number of nitrogens with zero attached hydrogens (tertiary/aromatic N) is 1. The Morgan fingerprint density at radius 2 is 2.39 bits per heavy atom. The average Bonchev–Trinajstić information content (AvgIpc) is 2.41. The Labute approximate surface area is 105 Å². The molecule has 1 N–H and O–H groups in total. The van der Waals surface area contributed by atoms with E-state index in [1.807, 2.05) is 0 Å². The fourth-order valence-corrected chi connectivity index (χ4v) is 1.97. The van der Waals surface area contributed by atoms with Gasteiger partial charge in [0.2, 0.25) is 0 Å². The molecule has 1 unspecified atom stereocenters. The van der Waals surface area contributed by atoms with Gasteiger partial charge in [-0.2, -0.15) is 0 Å². The predicted molar refractivity (Wildman–Crippen MR) is 63.9 cm³/mol. The quantitative estimate of drug-likeness (QED) is 0.854. The fourth-order valence-electron chi connectivity index (χ4n) is 1.97. The van der Waals surface area contributed by atoms with Crippen LogP contribution < -0.4 is 0 Å². The van der Waals surface area contributed by atoms with E-state index in [1.54, 1.807) is 17.9 Å². The molecule has 18 heavy (non-hydrogen) atoms. The van der Waals surface area contributed by atoms with Crippen LogP contribution in [0.25, 0.3) is 0 Å². The van der Waals surface area contributed by atoms with Crippen molar-refractivity contribution in [1.82, 2.24) is 4.90 Å². The fraction of sp³-hybridized carbons (Fsp3) is 0.462. The minimum atomic E-state index is -0.329. The first-order chi connectivity index (χ1) is 8.61. The van der Waals surface area contributed by atoms with Crippen LogP contribution >= 0.6 is 0 Å². The largest absolute Gasteiger partial charge is 0.394 e. The van der Waals surface area contributed by atoms with E-state index in [0.717, 1.165) is 0 Å². The molecule has 1 saturated heterocycles. The molecule has 2 rings (SSSR count). The zero-order valence-corrected chi connectivity index (χ0v) is 10.2. The summed E-state index contributed by atoms with van der Waals surface area (Å²) in [5.41, 5.74) is 0.917. The molecule has 4 nitrogen and oxygen atoms in total. The molecule has 0 spiro atoms. The van der Waals surface area contributed by atoms with E-state index >= 15 is 0 Å². The highest BCUT2D eigenvalue weighted by Crippen LogP contribution is 2.14. The first-order valence-corrected chi connectivity index (χ1v) is 5.89. The summed E-state index contributed by atoms with van der Waals surface area (Å²) in [4.78, 5) is 13.8. The molecular formula is C13H16FNO3. The molecule has 0 radical (unpaired) electrons. The van der Waals surface area contributed by atoms with Gasteiger partial charge in [-0.25, -0.2) is 4.39 Å². The molecule has 1 amide bonds. The van der Waals surface area contributed by atoms with Crippen LogP contribution in [0.1, 0.15) is 15.9 Å². The van der Waals surface area contributed by atoms with E-state index in [0.29, 0.717) is 30.8 Å². The molecule has 1 fully saturated rings. The van der Waals surface area contributed by atoms with Crippen LogP contribution in [-0.2, 0) is 4.74 Å². The molecule has 0 saturated carbocycles. The molecule has 0 bridgehead atoms. The number of aliphatic hydroxyl groups is 1. The number of amides is 1. The molecule has 1 atom stereocenters. The van der Waals surface area contributed by atoms with Crippen LogP contribution in [0.15, 0.2) is 18.2 Å². The van der Waals surface area contributed by atoms with Gasteiger partial charge in [0.25, 0.3) is 5.91 Å². The van der Waals surface area contributed by atoms with Gasteiger partial charge in [0.15, 0.2) is 0 Å². The highest BCUT2D eigenvalue weighted by atomic mass is 19.1. The second kappa shape index (κ2) is 5.46. The third-order valence-corrected chi connectivity index (χ3v) is 3.03. The number of aryl methyl sites for hydroxylation is 1. The summed E-state index contributed by atoms with van der Waals surface area (Å²) in [5, 5.41) is 9.03. The van der Waals surface area contributed by atoms with Crippen molar-refractivity contribution in [2.24, 2.45) is 0 Å². The zero-order valence-electron chi connectivity index (χ0n) is 10.2. The highest BCUT2D eigenvalue weighted by molar-refractivity contribution is 5.94. The monoisotopic (exact) mass is 253 g/mol. The van der Waals surface area contributed by atoms with E-state index in [2.05, 4.69) is 0 Å². The number of hydrogen-bond acceptors (Lipinski definition) is 3. The molecule has 1 heterocycles. The van der Waals surface area contributed by atoms with Gasteiger partial charge in [-0.3, -0.25) is 4.79 Å². The van der Waals surface area contributed by atoms with Gasteiger partial charge >= 0.3 is 0 Å². The molecule has 0 aromatic heterocycles. The first-order valence-electron chi connectivity index (χ1n) is 5.89. The standard InChI is InChI=1S/C13H16FNO3/c1-9-6-10(2-3-12(9)14)13(17)15-4-5-18-11(7-15)8-16/h2-3,6,11,16H,4-5,7-8H2,1H3. The Hall–Kier alpha value is -1.46. The lowest BCUT2D eigenvalue weighted by Crippen LogP contribution is -2.46. The lowest BCUT2D eigenvalue weighted by atomic mass is 10.1. The number of halogens is 1. The third-order valence-electron chi connectivity index (χ3n) is 3.03. The Balaban J connectivity index is 2.12. The topological polar surface area (TPSA) is 49.8 Å². The predicted octanol–water partition coefficient (Wildman–Crippen LogP) is 0.967. The van der Waals surface area contributed by atoms with Crippen LogP contribution in [0, 0.1) is 12.7 Å². The number of morpholine rings is 1. The summed E-state index contributed by atoms with van der Waals surface area (Å²) in [5.74, 6) is -0.471. The maximum absolute atomic E-state index is 13.1. The van der Waals surface area contributed by atoms with Crippen LogP contribution in [0.2, 0.25) is 0 Å². The number of benzene rings is 1. The lowest BCUT2D eigenvalue weighted by Gasteiger charge is -2.32. The molecule has 1 aromatic carbocycles. The van der Waals surface area contributed by atoms with Crippen molar-refractivity contribution in [3.63, 3.8) is 0 Å². The third kappa shape index (κ3) is 2.68. The van der Waals surface area contributed by atoms with Gasteiger partial charge in [-0.1, -0.05) is 0 Å². The number of carbonyl (C=O) groups is 1. The van der Waals surface area contributed by atoms with E-state index in [1.165, 1.54) is 12.1 Å². The molecule has 1 aliphatic rings. The summed E-state index contributed by atoms with van der Waals surface area (Å²) in [7, 11) is 0. The van der Waals surface area contributed by atoms with E-state index < -0.39 is 0 Å². The smallest absolute Gasteiger partial charge is 0.254 e. The van der Waals surface area contributed by atoms with Crippen molar-refractivity contribution in [3.8, 4) is 0 Å². The van der Waals surface area contributed by atoms with Crippen molar-refractivity contribution in [2.75, 3.05) is 26.3 Å². The highest BCUT2D eigenvalue weighted by Gasteiger charge is 2.24. The number of rotatable bonds is 2. The van der Waals surface area contributed by atoms with Gasteiger partial charge < -0.3 is 14.7 Å². The SMILES string of the molecule is Cc1cc(C(=O)N2CCOC(CO)C2)ccc1F. The number of hydrogen-bond donors (Lipinski definition) is 1. The van der Waals surface area contributed by atoms with Crippen molar-refractivity contribution >= 4 is 5.91 Å². The molecule has 1 aromatic rings. The van der Waals surface area contributed by atoms with Gasteiger partial charge in [0.1, 0.15) is 5.82 Å². The van der Waals surface area contributed by atoms with Crippen molar-refractivity contribution in [3.05, 3.63) is 35.1 Å². The van der Waals surface area contributed by atoms with Crippen LogP contribution in [0.4, 0.5) is 4.39 Å². The second-order valence-corrected chi connectivity index (χ2v) is 4.39. The first kappa shape index (κ1) is 13.0. The summed E-state index contributed by atoms with van der Waals surface area (Å²) in [6, 6.07) is 4.32. The Kier molecular flexibility index (Phi) is 3.93. The van der Waals surface area contributed by atoms with Gasteiger partial charge in [0, 0.05) is 18.7 Å². The Morgan fingerprint density at radius 3 is 3.06 bits per heavy atom. The number of ether oxygens (including phenoxy) is 1. The van der Waals surface area contributed by atoms with Crippen LogP contribution in [0.5, 0.6) is 0 Å². The minimum Gasteiger partial charge on any atom is -0.394 e. The summed E-state index contributed by atoms with van der Waals surface area (Å²) >= 11 is 0. The van der Waals surface area contributed by atoms with Crippen molar-refractivity contribution < 1.29 is 19.0 Å². The van der Waals surface area contributed by atoms with Crippen LogP contribution in [-0.4, -0.2) is 48.3 Å². The minimum absolute atomic E-state index is 0.105. The molecule has 0 aliphatic carbocycles. The summed E-state index contributed by atoms with van der Waals surface area (Å²) in [6.45, 7) is 2.79. The van der Waals surface area contributed by atoms with E-state index in [-0.39, 0.29) is 24.4 Å². The maximum Gasteiger partial charge on any atom is 0.254 e. The number of aliphatic hydroxyl groups excluding tert-OH is 1. The normalized spacial score (nSPS) is 19.9. The van der Waals surface area contributed by atoms with Crippen LogP contribution in [0.3, 0.4) is 0 Å². The number of carbonyl (C=O) groups excluding carboxylic acids is 1. The molecule has 1 aliphatic heterocycles. The Bertz CT molecular complexity index is 450. The molecule has 98 valence electrons. The van der Waals surface area contributed by atoms with Crippen molar-refractivity contribution in [1.29, 1.82) is 0 Å². The Morgan fingerprint density at radius 1 is 1.61 bits per heavy atom. The average molecular weight is 253 g/mol. The molecular weight excluding hydrogens is 237 g/mol. The zero-order chi connectivity index (χ0) is 13.1.